The van der Waals surface area contributed by atoms with Gasteiger partial charge in [-0.25, -0.2) is 4.98 Å². The maximum atomic E-state index is 5.95. The van der Waals surface area contributed by atoms with Crippen molar-refractivity contribution in [1.82, 2.24) is 9.55 Å². The average Bonchev–Trinajstić information content (AvgIpc) is 2.99. The van der Waals surface area contributed by atoms with Crippen molar-refractivity contribution in [3.63, 3.8) is 0 Å². The van der Waals surface area contributed by atoms with E-state index in [1.165, 1.54) is 0 Å². The van der Waals surface area contributed by atoms with Crippen LogP contribution in [0.1, 0.15) is 5.56 Å². The fraction of sp³-hybridized carbons (Fsp3) is 0.0714. The Morgan fingerprint density at radius 3 is 2.89 bits per heavy atom. The van der Waals surface area contributed by atoms with Crippen LogP contribution in [0.2, 0.25) is 5.02 Å². The molecule has 0 amide bonds. The first-order chi connectivity index (χ1) is 8.74. The van der Waals surface area contributed by atoms with E-state index in [9.17, 15) is 0 Å². The SMILES string of the molecule is Cc1cc(Cl)ccc1-n1cnc(-c2ccoc2)c1. The molecule has 0 radical (unpaired) electrons. The zero-order chi connectivity index (χ0) is 12.5. The Morgan fingerprint density at radius 2 is 2.17 bits per heavy atom. The van der Waals surface area contributed by atoms with Crippen molar-refractivity contribution in [3.05, 3.63) is 59.9 Å². The molecule has 0 N–H and O–H groups in total. The van der Waals surface area contributed by atoms with Gasteiger partial charge < -0.3 is 8.98 Å². The Kier molecular flexibility index (Phi) is 2.68. The lowest BCUT2D eigenvalue weighted by molar-refractivity contribution is 0.568. The van der Waals surface area contributed by atoms with E-state index in [1.54, 1.807) is 18.9 Å². The van der Waals surface area contributed by atoms with E-state index in [-0.39, 0.29) is 0 Å². The van der Waals surface area contributed by atoms with E-state index in [0.717, 1.165) is 27.5 Å². The summed E-state index contributed by atoms with van der Waals surface area (Å²) in [5, 5.41) is 0.742. The van der Waals surface area contributed by atoms with E-state index in [2.05, 4.69) is 4.98 Å². The van der Waals surface area contributed by atoms with E-state index in [1.807, 2.05) is 42.0 Å². The molecule has 0 spiro atoms. The van der Waals surface area contributed by atoms with Gasteiger partial charge in [-0.15, -0.1) is 0 Å². The van der Waals surface area contributed by atoms with Gasteiger partial charge in [0.25, 0.3) is 0 Å². The Balaban J connectivity index is 2.03. The van der Waals surface area contributed by atoms with Crippen LogP contribution in [0, 0.1) is 6.92 Å². The van der Waals surface area contributed by atoms with Gasteiger partial charge in [0.2, 0.25) is 0 Å². The standard InChI is InChI=1S/C14H11ClN2O/c1-10-6-12(15)2-3-14(10)17-7-13(16-9-17)11-4-5-18-8-11/h2-9H,1H3. The van der Waals surface area contributed by atoms with Crippen LogP contribution in [0.25, 0.3) is 16.9 Å². The molecule has 2 heterocycles. The number of halogens is 1. The number of benzene rings is 1. The van der Waals surface area contributed by atoms with Crippen molar-refractivity contribution < 1.29 is 4.42 Å². The van der Waals surface area contributed by atoms with E-state index >= 15 is 0 Å². The zero-order valence-electron chi connectivity index (χ0n) is 9.80. The number of imidazole rings is 1. The van der Waals surface area contributed by atoms with Crippen molar-refractivity contribution in [1.29, 1.82) is 0 Å². The largest absolute Gasteiger partial charge is 0.472 e. The minimum atomic E-state index is 0.742. The molecular weight excluding hydrogens is 248 g/mol. The Labute approximate surface area is 110 Å². The first kappa shape index (κ1) is 11.1. The molecule has 18 heavy (non-hydrogen) atoms. The second kappa shape index (κ2) is 4.35. The molecule has 3 rings (SSSR count). The predicted octanol–water partition coefficient (Wildman–Crippen LogP) is 4.09. The van der Waals surface area contributed by atoms with Crippen LogP contribution < -0.4 is 0 Å². The molecule has 90 valence electrons. The molecule has 0 saturated carbocycles. The van der Waals surface area contributed by atoms with Gasteiger partial charge in [-0.3, -0.25) is 0 Å². The molecule has 0 bridgehead atoms. The van der Waals surface area contributed by atoms with Crippen LogP contribution >= 0.6 is 11.6 Å². The summed E-state index contributed by atoms with van der Waals surface area (Å²) in [6.45, 7) is 2.03. The van der Waals surface area contributed by atoms with Crippen LogP contribution in [0.5, 0.6) is 0 Å². The fourth-order valence-corrected chi connectivity index (χ4v) is 2.15. The van der Waals surface area contributed by atoms with Gasteiger partial charge in [-0.2, -0.15) is 0 Å². The Morgan fingerprint density at radius 1 is 1.28 bits per heavy atom. The van der Waals surface area contributed by atoms with Gasteiger partial charge in [0.1, 0.15) is 0 Å². The zero-order valence-corrected chi connectivity index (χ0v) is 10.6. The van der Waals surface area contributed by atoms with Crippen molar-refractivity contribution in [2.75, 3.05) is 0 Å². The van der Waals surface area contributed by atoms with E-state index in [0.29, 0.717) is 0 Å². The van der Waals surface area contributed by atoms with Crippen molar-refractivity contribution in [2.24, 2.45) is 0 Å². The minimum absolute atomic E-state index is 0.742. The highest BCUT2D eigenvalue weighted by Crippen LogP contribution is 2.22. The molecular formula is C14H11ClN2O. The van der Waals surface area contributed by atoms with Gasteiger partial charge >= 0.3 is 0 Å². The van der Waals surface area contributed by atoms with Gasteiger partial charge in [0, 0.05) is 22.5 Å². The van der Waals surface area contributed by atoms with Crippen LogP contribution in [-0.4, -0.2) is 9.55 Å². The number of nitrogens with zero attached hydrogens (tertiary/aromatic N) is 2. The smallest absolute Gasteiger partial charge is 0.0999 e. The molecule has 1 aromatic carbocycles. The highest BCUT2D eigenvalue weighted by Gasteiger charge is 2.06. The molecule has 0 aliphatic rings. The number of aromatic nitrogens is 2. The summed E-state index contributed by atoms with van der Waals surface area (Å²) in [5.41, 5.74) is 4.04. The van der Waals surface area contributed by atoms with Crippen molar-refractivity contribution in [2.45, 2.75) is 6.92 Å². The van der Waals surface area contributed by atoms with Crippen LogP contribution in [-0.2, 0) is 0 Å². The molecule has 0 aliphatic heterocycles. The molecule has 0 fully saturated rings. The quantitative estimate of drug-likeness (QED) is 0.693. The molecule has 0 aliphatic carbocycles. The minimum Gasteiger partial charge on any atom is -0.472 e. The lowest BCUT2D eigenvalue weighted by atomic mass is 10.2. The highest BCUT2D eigenvalue weighted by atomic mass is 35.5. The topological polar surface area (TPSA) is 31.0 Å². The lowest BCUT2D eigenvalue weighted by Crippen LogP contribution is -1.93. The monoisotopic (exact) mass is 258 g/mol. The van der Waals surface area contributed by atoms with Crippen LogP contribution in [0.3, 0.4) is 0 Å². The second-order valence-electron chi connectivity index (χ2n) is 4.11. The lowest BCUT2D eigenvalue weighted by Gasteiger charge is -2.06. The molecule has 0 atom stereocenters. The van der Waals surface area contributed by atoms with Gasteiger partial charge in [0.05, 0.1) is 24.5 Å². The number of hydrogen-bond donors (Lipinski definition) is 0. The average molecular weight is 259 g/mol. The van der Waals surface area contributed by atoms with Gasteiger partial charge in [0.15, 0.2) is 0 Å². The first-order valence-electron chi connectivity index (χ1n) is 5.57. The molecule has 0 saturated heterocycles. The number of furan rings is 1. The van der Waals surface area contributed by atoms with Crippen molar-refractivity contribution >= 4 is 11.6 Å². The molecule has 0 unspecified atom stereocenters. The van der Waals surface area contributed by atoms with E-state index < -0.39 is 0 Å². The highest BCUT2D eigenvalue weighted by molar-refractivity contribution is 6.30. The van der Waals surface area contributed by atoms with Crippen LogP contribution in [0.15, 0.2) is 53.7 Å². The maximum Gasteiger partial charge on any atom is 0.0999 e. The third kappa shape index (κ3) is 1.93. The van der Waals surface area contributed by atoms with Crippen molar-refractivity contribution in [3.8, 4) is 16.9 Å². The summed E-state index contributed by atoms with van der Waals surface area (Å²) < 4.78 is 7.04. The number of rotatable bonds is 2. The fourth-order valence-electron chi connectivity index (χ4n) is 1.92. The maximum absolute atomic E-state index is 5.95. The van der Waals surface area contributed by atoms with Gasteiger partial charge in [-0.1, -0.05) is 11.6 Å². The molecule has 3 nitrogen and oxygen atoms in total. The summed E-state index contributed by atoms with van der Waals surface area (Å²) >= 11 is 5.95. The third-order valence-corrected chi connectivity index (χ3v) is 3.07. The summed E-state index contributed by atoms with van der Waals surface area (Å²) in [6, 6.07) is 7.69. The van der Waals surface area contributed by atoms with Crippen LogP contribution in [0.4, 0.5) is 0 Å². The molecule has 4 heteroatoms. The summed E-state index contributed by atoms with van der Waals surface area (Å²) in [5.74, 6) is 0. The molecule has 2 aromatic heterocycles. The summed E-state index contributed by atoms with van der Waals surface area (Å²) in [6.07, 6.45) is 7.09. The normalized spacial score (nSPS) is 10.8. The van der Waals surface area contributed by atoms with Gasteiger partial charge in [-0.05, 0) is 36.8 Å². The second-order valence-corrected chi connectivity index (χ2v) is 4.55. The predicted molar refractivity (Wildman–Crippen MR) is 71.0 cm³/mol. The van der Waals surface area contributed by atoms with E-state index in [4.69, 9.17) is 16.0 Å². The third-order valence-electron chi connectivity index (χ3n) is 2.84. The Bertz CT molecular complexity index is 671. The summed E-state index contributed by atoms with van der Waals surface area (Å²) in [4.78, 5) is 4.37. The summed E-state index contributed by atoms with van der Waals surface area (Å²) in [7, 11) is 0. The Hall–Kier alpha value is -2.00. The first-order valence-corrected chi connectivity index (χ1v) is 5.95. The number of hydrogen-bond acceptors (Lipinski definition) is 2. The number of aryl methyl sites for hydroxylation is 1. The molecule has 3 aromatic rings.